The highest BCUT2D eigenvalue weighted by atomic mass is 32.1. The minimum atomic E-state index is -4.48. The van der Waals surface area contributed by atoms with Gasteiger partial charge in [0.25, 0.3) is 5.91 Å². The number of nitrogens with one attached hydrogen (secondary N) is 2. The lowest BCUT2D eigenvalue weighted by Gasteiger charge is -2.14. The molecule has 0 radical (unpaired) electrons. The Balaban J connectivity index is 1.78. The lowest BCUT2D eigenvalue weighted by Crippen LogP contribution is -2.35. The van der Waals surface area contributed by atoms with E-state index in [2.05, 4.69) is 10.6 Å². The molecule has 0 saturated heterocycles. The molecule has 1 atom stereocenters. The molecule has 6 nitrogen and oxygen atoms in total. The molecule has 0 bridgehead atoms. The number of benzene rings is 1. The number of hydrogen-bond acceptors (Lipinski definition) is 5. The summed E-state index contributed by atoms with van der Waals surface area (Å²) in [5, 5.41) is 15.0. The van der Waals surface area contributed by atoms with Gasteiger partial charge in [0.15, 0.2) is 0 Å². The molecule has 2 rings (SSSR count). The second-order valence-electron chi connectivity index (χ2n) is 5.88. The third-order valence-corrected chi connectivity index (χ3v) is 4.58. The summed E-state index contributed by atoms with van der Waals surface area (Å²) in [6, 6.07) is 7.63. The summed E-state index contributed by atoms with van der Waals surface area (Å²) < 4.78 is 43.1. The van der Waals surface area contributed by atoms with Crippen LogP contribution in [0.25, 0.3) is 0 Å². The number of rotatable bonds is 8. The Morgan fingerprint density at radius 2 is 1.96 bits per heavy atom. The Morgan fingerprint density at radius 1 is 1.21 bits per heavy atom. The fourth-order valence-electron chi connectivity index (χ4n) is 2.12. The maximum atomic E-state index is 12.7. The van der Waals surface area contributed by atoms with Crippen LogP contribution in [-0.4, -0.2) is 36.2 Å². The third kappa shape index (κ3) is 6.86. The van der Waals surface area contributed by atoms with Gasteiger partial charge in [0, 0.05) is 18.3 Å². The van der Waals surface area contributed by atoms with E-state index in [1.54, 1.807) is 12.1 Å². The Bertz CT molecular complexity index is 823. The van der Waals surface area contributed by atoms with Gasteiger partial charge in [-0.05, 0) is 30.3 Å². The molecule has 2 aromatic rings. The zero-order valence-electron chi connectivity index (χ0n) is 14.9. The lowest BCUT2D eigenvalue weighted by atomic mass is 10.2. The molecule has 0 saturated carbocycles. The van der Waals surface area contributed by atoms with Crippen molar-refractivity contribution in [1.29, 1.82) is 0 Å². The fraction of sp³-hybridized carbons (Fsp3) is 0.333. The highest BCUT2D eigenvalue weighted by molar-refractivity contribution is 7.14. The van der Waals surface area contributed by atoms with E-state index in [1.165, 1.54) is 30.4 Å². The van der Waals surface area contributed by atoms with Crippen molar-refractivity contribution in [3.05, 3.63) is 51.7 Å². The molecule has 152 valence electrons. The number of aliphatic hydroxyl groups is 1. The Morgan fingerprint density at radius 3 is 2.64 bits per heavy atom. The van der Waals surface area contributed by atoms with Gasteiger partial charge in [-0.15, -0.1) is 11.3 Å². The molecule has 1 aromatic heterocycles. The first-order chi connectivity index (χ1) is 13.1. The molecule has 0 aliphatic carbocycles. The van der Waals surface area contributed by atoms with E-state index >= 15 is 0 Å². The number of ether oxygens (including phenoxy) is 1. The Kier molecular flexibility index (Phi) is 7.41. The van der Waals surface area contributed by atoms with Crippen LogP contribution in [0.5, 0.6) is 5.75 Å². The van der Waals surface area contributed by atoms with Crippen LogP contribution in [0.3, 0.4) is 0 Å². The van der Waals surface area contributed by atoms with E-state index in [0.29, 0.717) is 11.4 Å². The molecule has 0 spiro atoms. The van der Waals surface area contributed by atoms with Crippen LogP contribution in [0, 0.1) is 0 Å². The van der Waals surface area contributed by atoms with Crippen LogP contribution in [0.4, 0.5) is 13.2 Å². The number of amides is 2. The number of hydrogen-bond donors (Lipinski definition) is 3. The summed E-state index contributed by atoms with van der Waals surface area (Å²) in [6.07, 6.45) is -5.58. The van der Waals surface area contributed by atoms with Crippen LogP contribution in [-0.2, 0) is 17.5 Å². The maximum absolute atomic E-state index is 12.7. The van der Waals surface area contributed by atoms with Crippen molar-refractivity contribution in [2.24, 2.45) is 0 Å². The maximum Gasteiger partial charge on any atom is 0.416 e. The van der Waals surface area contributed by atoms with Gasteiger partial charge in [-0.1, -0.05) is 6.07 Å². The summed E-state index contributed by atoms with van der Waals surface area (Å²) >= 11 is 1.20. The van der Waals surface area contributed by atoms with Crippen molar-refractivity contribution >= 4 is 23.2 Å². The van der Waals surface area contributed by atoms with Gasteiger partial charge in [0.1, 0.15) is 18.5 Å². The van der Waals surface area contributed by atoms with Gasteiger partial charge in [-0.3, -0.25) is 9.59 Å². The van der Waals surface area contributed by atoms with Crippen molar-refractivity contribution in [1.82, 2.24) is 10.6 Å². The Hall–Kier alpha value is -2.59. The van der Waals surface area contributed by atoms with E-state index in [9.17, 15) is 27.9 Å². The van der Waals surface area contributed by atoms with Crippen LogP contribution in [0.15, 0.2) is 36.4 Å². The second-order valence-corrected chi connectivity index (χ2v) is 7.04. The minimum absolute atomic E-state index is 0.0268. The number of halogens is 3. The summed E-state index contributed by atoms with van der Waals surface area (Å²) in [5.74, 6) is -0.610. The number of thiophene rings is 1. The van der Waals surface area contributed by atoms with Crippen LogP contribution >= 0.6 is 11.3 Å². The van der Waals surface area contributed by atoms with E-state index in [-0.39, 0.29) is 24.8 Å². The molecule has 1 unspecified atom stereocenters. The van der Waals surface area contributed by atoms with Gasteiger partial charge in [0.05, 0.1) is 17.0 Å². The number of aliphatic hydroxyl groups excluding tert-OH is 1. The largest absolute Gasteiger partial charge is 0.491 e. The molecule has 2 amide bonds. The van der Waals surface area contributed by atoms with E-state index in [1.807, 2.05) is 0 Å². The standard InChI is InChI=1S/C18H19F3N2O4S/c1-11(24)22-9-15-5-6-16(28-15)17(26)23-8-13(25)10-27-14-4-2-3-12(7-14)18(19,20)21/h2-7,13,25H,8-10H2,1H3,(H,22,24)(H,23,26). The number of alkyl halides is 3. The highest BCUT2D eigenvalue weighted by Gasteiger charge is 2.30. The number of carbonyl (C=O) groups is 2. The molecule has 0 fully saturated rings. The molecular formula is C18H19F3N2O4S. The summed E-state index contributed by atoms with van der Waals surface area (Å²) in [4.78, 5) is 24.2. The van der Waals surface area contributed by atoms with Crippen molar-refractivity contribution in [3.8, 4) is 5.75 Å². The highest BCUT2D eigenvalue weighted by Crippen LogP contribution is 2.31. The molecular weight excluding hydrogens is 397 g/mol. The SMILES string of the molecule is CC(=O)NCc1ccc(C(=O)NCC(O)COc2cccc(C(F)(F)F)c2)s1. The molecule has 3 N–H and O–H groups in total. The normalized spacial score (nSPS) is 12.3. The van der Waals surface area contributed by atoms with Gasteiger partial charge in [0.2, 0.25) is 5.91 Å². The first-order valence-corrected chi connectivity index (χ1v) is 9.06. The average molecular weight is 416 g/mol. The van der Waals surface area contributed by atoms with Gasteiger partial charge in [-0.25, -0.2) is 0 Å². The van der Waals surface area contributed by atoms with E-state index in [4.69, 9.17) is 4.74 Å². The quantitative estimate of drug-likeness (QED) is 0.617. The molecule has 10 heteroatoms. The number of carbonyl (C=O) groups excluding carboxylic acids is 2. The second kappa shape index (κ2) is 9.56. The first-order valence-electron chi connectivity index (χ1n) is 8.24. The summed E-state index contributed by atoms with van der Waals surface area (Å²) in [5.41, 5.74) is -0.847. The average Bonchev–Trinajstić information content (AvgIpc) is 3.11. The topological polar surface area (TPSA) is 87.7 Å². The molecule has 0 aliphatic heterocycles. The summed E-state index contributed by atoms with van der Waals surface area (Å²) in [6.45, 7) is 1.31. The zero-order valence-corrected chi connectivity index (χ0v) is 15.7. The lowest BCUT2D eigenvalue weighted by molar-refractivity contribution is -0.137. The molecule has 0 aliphatic rings. The first kappa shape index (κ1) is 21.7. The van der Waals surface area contributed by atoms with Crippen molar-refractivity contribution in [2.45, 2.75) is 25.7 Å². The summed E-state index contributed by atoms with van der Waals surface area (Å²) in [7, 11) is 0. The van der Waals surface area contributed by atoms with Crippen molar-refractivity contribution < 1.29 is 32.6 Å². The monoisotopic (exact) mass is 416 g/mol. The van der Waals surface area contributed by atoms with Gasteiger partial charge < -0.3 is 20.5 Å². The molecule has 1 aromatic carbocycles. The van der Waals surface area contributed by atoms with Crippen molar-refractivity contribution in [2.75, 3.05) is 13.2 Å². The van der Waals surface area contributed by atoms with E-state index < -0.39 is 23.8 Å². The third-order valence-electron chi connectivity index (χ3n) is 3.50. The molecule has 1 heterocycles. The van der Waals surface area contributed by atoms with Crippen LogP contribution in [0.1, 0.15) is 27.0 Å². The Labute approximate surface area is 163 Å². The molecule has 28 heavy (non-hydrogen) atoms. The van der Waals surface area contributed by atoms with Gasteiger partial charge in [-0.2, -0.15) is 13.2 Å². The smallest absolute Gasteiger partial charge is 0.416 e. The fourth-order valence-corrected chi connectivity index (χ4v) is 2.98. The van der Waals surface area contributed by atoms with Crippen LogP contribution in [0.2, 0.25) is 0 Å². The predicted molar refractivity (Wildman–Crippen MR) is 97.1 cm³/mol. The van der Waals surface area contributed by atoms with Crippen molar-refractivity contribution in [3.63, 3.8) is 0 Å². The van der Waals surface area contributed by atoms with E-state index in [0.717, 1.165) is 17.0 Å². The minimum Gasteiger partial charge on any atom is -0.491 e. The van der Waals surface area contributed by atoms with Crippen LogP contribution < -0.4 is 15.4 Å². The predicted octanol–water partition coefficient (Wildman–Crippen LogP) is 2.57. The zero-order chi connectivity index (χ0) is 20.7. The van der Waals surface area contributed by atoms with Gasteiger partial charge >= 0.3 is 6.18 Å².